The molecule has 64 valence electrons. The van der Waals surface area contributed by atoms with Crippen LogP contribution in [0.25, 0.3) is 0 Å². The van der Waals surface area contributed by atoms with Crippen molar-refractivity contribution in [3.8, 4) is 0 Å². The zero-order valence-corrected chi connectivity index (χ0v) is 7.46. The molecule has 1 saturated carbocycles. The van der Waals surface area contributed by atoms with E-state index in [-0.39, 0.29) is 11.5 Å². The molecule has 1 aliphatic rings. The van der Waals surface area contributed by atoms with Crippen molar-refractivity contribution >= 4 is 6.29 Å². The van der Waals surface area contributed by atoms with E-state index in [0.717, 1.165) is 19.3 Å². The van der Waals surface area contributed by atoms with Crippen LogP contribution in [0.5, 0.6) is 0 Å². The Morgan fingerprint density at radius 3 is 2.55 bits per heavy atom. The van der Waals surface area contributed by atoms with E-state index in [2.05, 4.69) is 0 Å². The predicted octanol–water partition coefficient (Wildman–Crippen LogP) is 1.64. The predicted molar refractivity (Wildman–Crippen MR) is 43.4 cm³/mol. The fraction of sp³-hybridized carbons (Fsp3) is 0.889. The monoisotopic (exact) mass is 156 g/mol. The van der Waals surface area contributed by atoms with Gasteiger partial charge in [-0.1, -0.05) is 0 Å². The summed E-state index contributed by atoms with van der Waals surface area (Å²) in [6, 6.07) is 0. The first kappa shape index (κ1) is 8.72. The third-order valence-electron chi connectivity index (χ3n) is 1.88. The van der Waals surface area contributed by atoms with Gasteiger partial charge in [-0.2, -0.15) is 0 Å². The molecule has 1 rings (SSSR count). The highest BCUT2D eigenvalue weighted by atomic mass is 16.5. The van der Waals surface area contributed by atoms with E-state index >= 15 is 0 Å². The summed E-state index contributed by atoms with van der Waals surface area (Å²) < 4.78 is 5.53. The van der Waals surface area contributed by atoms with Crippen molar-refractivity contribution < 1.29 is 9.53 Å². The molecule has 2 nitrogen and oxygen atoms in total. The minimum Gasteiger partial charge on any atom is -0.376 e. The van der Waals surface area contributed by atoms with Crippen molar-refractivity contribution in [2.45, 2.75) is 32.8 Å². The van der Waals surface area contributed by atoms with Crippen molar-refractivity contribution in [2.75, 3.05) is 6.61 Å². The van der Waals surface area contributed by atoms with Gasteiger partial charge in [0.25, 0.3) is 0 Å². The lowest BCUT2D eigenvalue weighted by molar-refractivity contribution is -0.109. The zero-order chi connectivity index (χ0) is 8.48. The van der Waals surface area contributed by atoms with Crippen LogP contribution in [0, 0.1) is 11.8 Å². The highest BCUT2D eigenvalue weighted by Gasteiger charge is 2.37. The lowest BCUT2D eigenvalue weighted by Crippen LogP contribution is -2.20. The topological polar surface area (TPSA) is 26.3 Å². The quantitative estimate of drug-likeness (QED) is 0.580. The molecule has 0 radical (unpaired) electrons. The Morgan fingerprint density at radius 2 is 2.18 bits per heavy atom. The largest absolute Gasteiger partial charge is 0.376 e. The van der Waals surface area contributed by atoms with Crippen molar-refractivity contribution in [1.29, 1.82) is 0 Å². The lowest BCUT2D eigenvalue weighted by atomic mass is 10.2. The second-order valence-corrected chi connectivity index (χ2v) is 4.22. The van der Waals surface area contributed by atoms with Crippen LogP contribution < -0.4 is 0 Å². The average Bonchev–Trinajstić information content (AvgIpc) is 2.60. The fourth-order valence-electron chi connectivity index (χ4n) is 0.986. The van der Waals surface area contributed by atoms with Gasteiger partial charge >= 0.3 is 0 Å². The molecule has 0 spiro atoms. The van der Waals surface area contributed by atoms with Gasteiger partial charge < -0.3 is 9.53 Å². The first-order valence-electron chi connectivity index (χ1n) is 4.12. The summed E-state index contributed by atoms with van der Waals surface area (Å²) in [6.45, 7) is 6.84. The molecule has 0 heterocycles. The molecular weight excluding hydrogens is 140 g/mol. The first-order valence-corrected chi connectivity index (χ1v) is 4.12. The molecule has 0 N–H and O–H groups in total. The molecule has 0 amide bonds. The molecule has 2 heteroatoms. The first-order chi connectivity index (χ1) is 5.03. The van der Waals surface area contributed by atoms with Gasteiger partial charge in [-0.25, -0.2) is 0 Å². The zero-order valence-electron chi connectivity index (χ0n) is 7.46. The van der Waals surface area contributed by atoms with Crippen molar-refractivity contribution in [2.24, 2.45) is 11.8 Å². The van der Waals surface area contributed by atoms with E-state index in [1.165, 1.54) is 0 Å². The maximum Gasteiger partial charge on any atom is 0.123 e. The Kier molecular flexibility index (Phi) is 2.33. The fourth-order valence-corrected chi connectivity index (χ4v) is 0.986. The van der Waals surface area contributed by atoms with Gasteiger partial charge in [0.15, 0.2) is 0 Å². The van der Waals surface area contributed by atoms with Gasteiger partial charge in [0.2, 0.25) is 0 Å². The molecule has 11 heavy (non-hydrogen) atoms. The second kappa shape index (κ2) is 2.94. The maximum atomic E-state index is 10.2. The van der Waals surface area contributed by atoms with Crippen molar-refractivity contribution in [3.63, 3.8) is 0 Å². The summed E-state index contributed by atoms with van der Waals surface area (Å²) in [7, 11) is 0. The number of hydrogen-bond donors (Lipinski definition) is 0. The summed E-state index contributed by atoms with van der Waals surface area (Å²) >= 11 is 0. The Morgan fingerprint density at radius 1 is 1.55 bits per heavy atom. The number of aldehydes is 1. The summed E-state index contributed by atoms with van der Waals surface area (Å²) in [5.41, 5.74) is -0.0595. The van der Waals surface area contributed by atoms with Crippen molar-refractivity contribution in [3.05, 3.63) is 0 Å². The van der Waals surface area contributed by atoms with Gasteiger partial charge in [-0.05, 0) is 33.1 Å². The van der Waals surface area contributed by atoms with Crippen LogP contribution in [0.3, 0.4) is 0 Å². The number of hydrogen-bond acceptors (Lipinski definition) is 2. The minimum absolute atomic E-state index is 0.0595. The molecule has 0 aromatic rings. The highest BCUT2D eigenvalue weighted by molar-refractivity contribution is 5.58. The summed E-state index contributed by atoms with van der Waals surface area (Å²) in [5.74, 6) is 0.795. The Labute approximate surface area is 67.9 Å². The summed E-state index contributed by atoms with van der Waals surface area (Å²) in [4.78, 5) is 10.2. The molecule has 2 atom stereocenters. The molecule has 0 aromatic heterocycles. The number of ether oxygens (including phenoxy) is 1. The maximum absolute atomic E-state index is 10.2. The normalized spacial score (nSPS) is 30.1. The molecule has 0 bridgehead atoms. The number of carbonyl (C=O) groups is 1. The third kappa shape index (κ3) is 3.02. The highest BCUT2D eigenvalue weighted by Crippen LogP contribution is 2.37. The van der Waals surface area contributed by atoms with Gasteiger partial charge in [-0.3, -0.25) is 0 Å². The van der Waals surface area contributed by atoms with E-state index in [4.69, 9.17) is 4.74 Å². The van der Waals surface area contributed by atoms with Gasteiger partial charge in [0.1, 0.15) is 6.29 Å². The Hall–Kier alpha value is -0.370. The molecule has 0 saturated heterocycles. The summed E-state index contributed by atoms with van der Waals surface area (Å²) in [5, 5.41) is 0. The van der Waals surface area contributed by atoms with Crippen LogP contribution in [0.1, 0.15) is 27.2 Å². The van der Waals surface area contributed by atoms with E-state index in [9.17, 15) is 4.79 Å². The van der Waals surface area contributed by atoms with Crippen LogP contribution in [0.2, 0.25) is 0 Å². The Balaban J connectivity index is 2.11. The number of rotatable bonds is 3. The molecule has 2 unspecified atom stereocenters. The van der Waals surface area contributed by atoms with E-state index < -0.39 is 0 Å². The van der Waals surface area contributed by atoms with E-state index in [1.54, 1.807) is 0 Å². The number of carbonyl (C=O) groups excluding carboxylic acids is 1. The third-order valence-corrected chi connectivity index (χ3v) is 1.88. The Bertz CT molecular complexity index is 146. The van der Waals surface area contributed by atoms with Crippen molar-refractivity contribution in [1.82, 2.24) is 0 Å². The standard InChI is InChI=1S/C9H16O2/c1-9(2,3)11-6-8-4-7(8)5-10/h5,7-8H,4,6H2,1-3H3. The second-order valence-electron chi connectivity index (χ2n) is 4.22. The average molecular weight is 156 g/mol. The SMILES string of the molecule is CC(C)(C)OCC1CC1C=O. The molecule has 0 aliphatic heterocycles. The van der Waals surface area contributed by atoms with Gasteiger partial charge in [-0.15, -0.1) is 0 Å². The van der Waals surface area contributed by atoms with Crippen LogP contribution in [0.4, 0.5) is 0 Å². The van der Waals surface area contributed by atoms with Gasteiger partial charge in [0, 0.05) is 5.92 Å². The van der Waals surface area contributed by atoms with Crippen LogP contribution in [-0.4, -0.2) is 18.5 Å². The van der Waals surface area contributed by atoms with E-state index in [1.807, 2.05) is 20.8 Å². The van der Waals surface area contributed by atoms with E-state index in [0.29, 0.717) is 5.92 Å². The molecule has 0 aromatic carbocycles. The van der Waals surface area contributed by atoms with Crippen LogP contribution in [-0.2, 0) is 9.53 Å². The molecular formula is C9H16O2. The smallest absolute Gasteiger partial charge is 0.123 e. The van der Waals surface area contributed by atoms with Crippen LogP contribution >= 0.6 is 0 Å². The summed E-state index contributed by atoms with van der Waals surface area (Å²) in [6.07, 6.45) is 2.07. The molecule has 1 aliphatic carbocycles. The molecule has 1 fully saturated rings. The van der Waals surface area contributed by atoms with Crippen LogP contribution in [0.15, 0.2) is 0 Å². The minimum atomic E-state index is -0.0595. The lowest BCUT2D eigenvalue weighted by Gasteiger charge is -2.19. The van der Waals surface area contributed by atoms with Gasteiger partial charge in [0.05, 0.1) is 12.2 Å².